The molecule has 1 aliphatic heterocycles. The number of nitrogens with one attached hydrogen (secondary N) is 3. The molecule has 3 amide bonds. The van der Waals surface area contributed by atoms with Gasteiger partial charge in [0.1, 0.15) is 12.6 Å². The van der Waals surface area contributed by atoms with E-state index in [0.29, 0.717) is 5.04 Å². The monoisotopic (exact) mass is 532 g/mol. The van der Waals surface area contributed by atoms with Crippen LogP contribution in [0.4, 0.5) is 4.79 Å². The maximum Gasteiger partial charge on any atom is 0.426 e. The van der Waals surface area contributed by atoms with E-state index >= 15 is 0 Å². The zero-order valence-electron chi connectivity index (χ0n) is 20.0. The van der Waals surface area contributed by atoms with Crippen molar-refractivity contribution in [3.05, 3.63) is 84.0 Å². The summed E-state index contributed by atoms with van der Waals surface area (Å²) in [5.41, 5.74) is 8.65. The van der Waals surface area contributed by atoms with Crippen molar-refractivity contribution >= 4 is 40.7 Å². The zero-order chi connectivity index (χ0) is 26.6. The molecular weight excluding hydrogens is 508 g/mol. The van der Waals surface area contributed by atoms with Gasteiger partial charge in [-0.2, -0.15) is 0 Å². The number of carboxylic acids is 1. The molecule has 0 saturated heterocycles. The molecule has 0 saturated carbocycles. The van der Waals surface area contributed by atoms with Crippen molar-refractivity contribution in [3.8, 4) is 11.1 Å². The summed E-state index contributed by atoms with van der Waals surface area (Å²) in [5.74, 6) is -4.03. The van der Waals surface area contributed by atoms with E-state index in [1.807, 2.05) is 72.8 Å². The number of hydrazine groups is 1. The van der Waals surface area contributed by atoms with E-state index in [0.717, 1.165) is 22.3 Å². The molecule has 0 bridgehead atoms. The zero-order valence-corrected chi connectivity index (χ0v) is 20.8. The Bertz CT molecular complexity index is 1340. The number of aliphatic imine (C=N–C) groups is 1. The number of rotatable bonds is 6. The quantitative estimate of drug-likeness (QED) is 0.330. The van der Waals surface area contributed by atoms with Gasteiger partial charge in [-0.1, -0.05) is 72.8 Å². The molecule has 5 rings (SSSR count). The molecule has 0 radical (unpaired) electrons. The Labute approximate surface area is 222 Å². The Morgan fingerprint density at radius 3 is 2.26 bits per heavy atom. The second-order valence-corrected chi connectivity index (χ2v) is 10.1. The van der Waals surface area contributed by atoms with Crippen LogP contribution in [0.25, 0.3) is 11.1 Å². The summed E-state index contributed by atoms with van der Waals surface area (Å²) >= 11 is 1.43. The van der Waals surface area contributed by atoms with Gasteiger partial charge < -0.3 is 15.2 Å². The van der Waals surface area contributed by atoms with Crippen LogP contribution in [0.1, 0.15) is 23.5 Å². The largest absolute Gasteiger partial charge is 0.474 e. The van der Waals surface area contributed by atoms with E-state index in [-0.39, 0.29) is 30.2 Å². The SMILES string of the molecule is O=C(NNC(=O)C(CC1=NC2C=CC=CC2S1)NC(=O)C(=O)O)OCC1c2ccccc2-c2ccccc21. The molecule has 2 aromatic rings. The summed E-state index contributed by atoms with van der Waals surface area (Å²) in [6.45, 7) is 0.0478. The number of allylic oxidation sites excluding steroid dienone is 2. The number of fused-ring (bicyclic) bond motifs is 4. The number of carbonyl (C=O) groups is 4. The third-order valence-electron chi connectivity index (χ3n) is 6.45. The summed E-state index contributed by atoms with van der Waals surface area (Å²) in [5, 5.41) is 11.8. The van der Waals surface area contributed by atoms with Crippen molar-refractivity contribution in [2.24, 2.45) is 4.99 Å². The minimum absolute atomic E-state index is 0.0312. The van der Waals surface area contributed by atoms with E-state index in [1.165, 1.54) is 11.8 Å². The van der Waals surface area contributed by atoms with Crippen LogP contribution in [0, 0.1) is 0 Å². The van der Waals surface area contributed by atoms with Crippen molar-refractivity contribution in [2.45, 2.75) is 29.7 Å². The van der Waals surface area contributed by atoms with Crippen LogP contribution in [0.5, 0.6) is 0 Å². The van der Waals surface area contributed by atoms with E-state index in [4.69, 9.17) is 9.84 Å². The predicted molar refractivity (Wildman–Crippen MR) is 141 cm³/mol. The van der Waals surface area contributed by atoms with Gasteiger partial charge in [0, 0.05) is 12.3 Å². The predicted octanol–water partition coefficient (Wildman–Crippen LogP) is 2.52. The summed E-state index contributed by atoms with van der Waals surface area (Å²) in [6, 6.07) is 14.4. The van der Waals surface area contributed by atoms with Crippen LogP contribution >= 0.6 is 11.8 Å². The minimum Gasteiger partial charge on any atom is -0.474 e. The molecule has 10 nitrogen and oxygen atoms in total. The molecule has 11 heteroatoms. The standard InChI is InChI=1S/C27H24N4O6S/c32-24(21(29-25(33)26(34)35)13-23-28-20-11-5-6-12-22(20)38-23)30-31-27(36)37-14-19-17-9-3-1-7-15(17)16-8-2-4-10-18(16)19/h1-12,19-22H,13-14H2,(H,29,33)(H,30,32)(H,31,36)(H,34,35). The molecule has 0 aromatic heterocycles. The van der Waals surface area contributed by atoms with Crippen LogP contribution in [0.15, 0.2) is 77.8 Å². The molecule has 38 heavy (non-hydrogen) atoms. The number of carboxylic acid groups (broad SMARTS) is 1. The fourth-order valence-corrected chi connectivity index (χ4v) is 5.91. The number of hydrogen-bond donors (Lipinski definition) is 4. The highest BCUT2D eigenvalue weighted by molar-refractivity contribution is 8.14. The van der Waals surface area contributed by atoms with Gasteiger partial charge in [-0.05, 0) is 22.3 Å². The van der Waals surface area contributed by atoms with Gasteiger partial charge in [0.25, 0.3) is 5.91 Å². The van der Waals surface area contributed by atoms with Gasteiger partial charge >= 0.3 is 18.0 Å². The fraction of sp³-hybridized carbons (Fsp3) is 0.222. The summed E-state index contributed by atoms with van der Waals surface area (Å²) in [4.78, 5) is 52.6. The first-order valence-corrected chi connectivity index (χ1v) is 12.8. The molecule has 1 heterocycles. The lowest BCUT2D eigenvalue weighted by Gasteiger charge is -2.18. The number of carbonyl (C=O) groups excluding carboxylic acids is 3. The van der Waals surface area contributed by atoms with Crippen LogP contribution < -0.4 is 16.2 Å². The Morgan fingerprint density at radius 1 is 0.947 bits per heavy atom. The molecule has 194 valence electrons. The Kier molecular flexibility index (Phi) is 7.27. The molecular formula is C27H24N4O6S. The summed E-state index contributed by atoms with van der Waals surface area (Å²) in [6.07, 6.45) is 6.77. The smallest absolute Gasteiger partial charge is 0.426 e. The van der Waals surface area contributed by atoms with E-state index in [2.05, 4.69) is 21.2 Å². The lowest BCUT2D eigenvalue weighted by Crippen LogP contribution is -2.54. The van der Waals surface area contributed by atoms with Crippen molar-refractivity contribution < 1.29 is 29.0 Å². The first-order chi connectivity index (χ1) is 18.4. The van der Waals surface area contributed by atoms with Gasteiger partial charge in [0.2, 0.25) is 0 Å². The average molecular weight is 533 g/mol. The third kappa shape index (κ3) is 5.32. The molecule has 2 aliphatic carbocycles. The fourth-order valence-electron chi connectivity index (χ4n) is 4.69. The maximum absolute atomic E-state index is 12.8. The first-order valence-electron chi connectivity index (χ1n) is 11.9. The van der Waals surface area contributed by atoms with Crippen LogP contribution in [0.3, 0.4) is 0 Å². The molecule has 4 N–H and O–H groups in total. The Balaban J connectivity index is 1.19. The lowest BCUT2D eigenvalue weighted by atomic mass is 9.98. The van der Waals surface area contributed by atoms with Gasteiger partial charge in [0.15, 0.2) is 0 Å². The van der Waals surface area contributed by atoms with Gasteiger partial charge in [-0.3, -0.25) is 20.0 Å². The number of amides is 3. The van der Waals surface area contributed by atoms with Gasteiger partial charge in [0.05, 0.1) is 16.3 Å². The number of hydrogen-bond acceptors (Lipinski definition) is 7. The highest BCUT2D eigenvalue weighted by Crippen LogP contribution is 2.44. The second-order valence-electron chi connectivity index (χ2n) is 8.84. The van der Waals surface area contributed by atoms with E-state index < -0.39 is 29.9 Å². The lowest BCUT2D eigenvalue weighted by molar-refractivity contribution is -0.151. The normalized spacial score (nSPS) is 19.4. The molecule has 3 unspecified atom stereocenters. The topological polar surface area (TPSA) is 146 Å². The number of benzene rings is 2. The van der Waals surface area contributed by atoms with Crippen LogP contribution in [-0.2, 0) is 19.1 Å². The highest BCUT2D eigenvalue weighted by Gasteiger charge is 2.33. The van der Waals surface area contributed by atoms with Crippen molar-refractivity contribution in [3.63, 3.8) is 0 Å². The number of ether oxygens (including phenoxy) is 1. The van der Waals surface area contributed by atoms with Crippen molar-refractivity contribution in [2.75, 3.05) is 6.61 Å². The van der Waals surface area contributed by atoms with E-state index in [1.54, 1.807) is 0 Å². The molecule has 3 atom stereocenters. The third-order valence-corrected chi connectivity index (χ3v) is 7.70. The Hall–Kier alpha value is -4.38. The van der Waals surface area contributed by atoms with Crippen LogP contribution in [-0.4, -0.2) is 58.0 Å². The molecule has 0 fully saturated rings. The highest BCUT2D eigenvalue weighted by atomic mass is 32.2. The first kappa shape index (κ1) is 25.3. The van der Waals surface area contributed by atoms with Gasteiger partial charge in [-0.25, -0.2) is 15.0 Å². The number of aliphatic carboxylic acids is 1. The van der Waals surface area contributed by atoms with Crippen molar-refractivity contribution in [1.82, 2.24) is 16.2 Å². The second kappa shape index (κ2) is 10.9. The molecule has 0 spiro atoms. The van der Waals surface area contributed by atoms with E-state index in [9.17, 15) is 19.2 Å². The van der Waals surface area contributed by atoms with Gasteiger partial charge in [-0.15, -0.1) is 11.8 Å². The molecule has 2 aromatic carbocycles. The minimum atomic E-state index is -1.73. The summed E-state index contributed by atoms with van der Waals surface area (Å²) in [7, 11) is 0. The number of nitrogens with zero attached hydrogens (tertiary/aromatic N) is 1. The number of thioether (sulfide) groups is 1. The van der Waals surface area contributed by atoms with Crippen LogP contribution in [0.2, 0.25) is 0 Å². The summed E-state index contributed by atoms with van der Waals surface area (Å²) < 4.78 is 5.40. The average Bonchev–Trinajstić information content (AvgIpc) is 3.48. The Morgan fingerprint density at radius 2 is 1.61 bits per heavy atom. The van der Waals surface area contributed by atoms with Crippen molar-refractivity contribution in [1.29, 1.82) is 0 Å². The maximum atomic E-state index is 12.8. The molecule has 3 aliphatic rings.